The fraction of sp³-hybridized carbons (Fsp3) is 0.571. The van der Waals surface area contributed by atoms with Gasteiger partial charge in [0.2, 0.25) is 0 Å². The molecular weight excluding hydrogens is 226 g/mol. The maximum atomic E-state index is 12.3. The van der Waals surface area contributed by atoms with Crippen molar-refractivity contribution in [1.29, 1.82) is 0 Å². The minimum Gasteiger partial charge on any atom is -0.384 e. The molecule has 0 atom stereocenters. The number of amides is 1. The summed E-state index contributed by atoms with van der Waals surface area (Å²) in [4.78, 5) is 18.2. The average Bonchev–Trinajstić information content (AvgIpc) is 2.36. The van der Waals surface area contributed by atoms with Crippen LogP contribution < -0.4 is 5.32 Å². The SMILES string of the molecule is CCCNc1cc(C)ncc1C(=O)N(C)CCC. The summed E-state index contributed by atoms with van der Waals surface area (Å²) < 4.78 is 0. The van der Waals surface area contributed by atoms with Crippen molar-refractivity contribution in [3.8, 4) is 0 Å². The zero-order valence-electron chi connectivity index (χ0n) is 11.8. The van der Waals surface area contributed by atoms with E-state index in [9.17, 15) is 4.79 Å². The summed E-state index contributed by atoms with van der Waals surface area (Å²) in [5.41, 5.74) is 2.46. The summed E-state index contributed by atoms with van der Waals surface area (Å²) in [7, 11) is 1.83. The molecule has 4 nitrogen and oxygen atoms in total. The average molecular weight is 249 g/mol. The van der Waals surface area contributed by atoms with E-state index in [1.54, 1.807) is 11.1 Å². The first-order valence-corrected chi connectivity index (χ1v) is 6.56. The summed E-state index contributed by atoms with van der Waals surface area (Å²) in [5, 5.41) is 3.29. The first-order valence-electron chi connectivity index (χ1n) is 6.56. The van der Waals surface area contributed by atoms with Crippen LogP contribution in [0.5, 0.6) is 0 Å². The van der Waals surface area contributed by atoms with Crippen molar-refractivity contribution in [3.05, 3.63) is 23.5 Å². The van der Waals surface area contributed by atoms with Crippen molar-refractivity contribution in [2.24, 2.45) is 0 Å². The number of nitrogens with one attached hydrogen (secondary N) is 1. The molecular formula is C14H23N3O. The van der Waals surface area contributed by atoms with Crippen molar-refractivity contribution in [2.45, 2.75) is 33.6 Å². The van der Waals surface area contributed by atoms with Gasteiger partial charge in [-0.1, -0.05) is 13.8 Å². The highest BCUT2D eigenvalue weighted by Crippen LogP contribution is 2.17. The molecule has 0 radical (unpaired) electrons. The van der Waals surface area contributed by atoms with Crippen LogP contribution in [0.25, 0.3) is 0 Å². The van der Waals surface area contributed by atoms with Crippen molar-refractivity contribution < 1.29 is 4.79 Å². The molecule has 0 saturated heterocycles. The Morgan fingerprint density at radius 3 is 2.72 bits per heavy atom. The lowest BCUT2D eigenvalue weighted by atomic mass is 10.1. The second-order valence-corrected chi connectivity index (χ2v) is 4.52. The van der Waals surface area contributed by atoms with E-state index in [2.05, 4.69) is 24.1 Å². The van der Waals surface area contributed by atoms with Crippen LogP contribution in [0.15, 0.2) is 12.3 Å². The van der Waals surface area contributed by atoms with Gasteiger partial charge in [0.15, 0.2) is 0 Å². The highest BCUT2D eigenvalue weighted by Gasteiger charge is 2.15. The van der Waals surface area contributed by atoms with E-state index >= 15 is 0 Å². The maximum absolute atomic E-state index is 12.3. The van der Waals surface area contributed by atoms with E-state index in [0.717, 1.165) is 37.3 Å². The predicted octanol–water partition coefficient (Wildman–Crippen LogP) is 2.69. The first-order chi connectivity index (χ1) is 8.60. The second kappa shape index (κ2) is 6.99. The normalized spacial score (nSPS) is 10.2. The van der Waals surface area contributed by atoms with E-state index < -0.39 is 0 Å². The van der Waals surface area contributed by atoms with Gasteiger partial charge < -0.3 is 10.2 Å². The van der Waals surface area contributed by atoms with Crippen LogP contribution in [-0.2, 0) is 0 Å². The van der Waals surface area contributed by atoms with Crippen LogP contribution >= 0.6 is 0 Å². The fourth-order valence-corrected chi connectivity index (χ4v) is 1.78. The number of anilines is 1. The summed E-state index contributed by atoms with van der Waals surface area (Å²) in [6.07, 6.45) is 3.65. The zero-order chi connectivity index (χ0) is 13.5. The van der Waals surface area contributed by atoms with Crippen LogP contribution in [-0.4, -0.2) is 35.9 Å². The zero-order valence-corrected chi connectivity index (χ0v) is 11.8. The third-order valence-electron chi connectivity index (χ3n) is 2.74. The molecule has 0 bridgehead atoms. The van der Waals surface area contributed by atoms with E-state index in [-0.39, 0.29) is 5.91 Å². The lowest BCUT2D eigenvalue weighted by molar-refractivity contribution is 0.0795. The Kier molecular flexibility index (Phi) is 5.62. The van der Waals surface area contributed by atoms with Crippen LogP contribution in [0.4, 0.5) is 5.69 Å². The van der Waals surface area contributed by atoms with Crippen LogP contribution in [0, 0.1) is 6.92 Å². The Balaban J connectivity index is 2.95. The van der Waals surface area contributed by atoms with Gasteiger partial charge in [0.05, 0.1) is 11.3 Å². The molecule has 1 aromatic rings. The number of aryl methyl sites for hydroxylation is 1. The molecule has 0 fully saturated rings. The number of nitrogens with zero attached hydrogens (tertiary/aromatic N) is 2. The van der Waals surface area contributed by atoms with Crippen LogP contribution in [0.2, 0.25) is 0 Å². The molecule has 0 aliphatic carbocycles. The Morgan fingerprint density at radius 2 is 2.11 bits per heavy atom. The van der Waals surface area contributed by atoms with Crippen LogP contribution in [0.3, 0.4) is 0 Å². The number of carbonyl (C=O) groups is 1. The molecule has 1 N–H and O–H groups in total. The largest absolute Gasteiger partial charge is 0.384 e. The van der Waals surface area contributed by atoms with E-state index in [4.69, 9.17) is 0 Å². The van der Waals surface area contributed by atoms with Crippen LogP contribution in [0.1, 0.15) is 42.7 Å². The Bertz CT molecular complexity index is 404. The molecule has 1 heterocycles. The summed E-state index contributed by atoms with van der Waals surface area (Å²) in [6, 6.07) is 1.93. The standard InChI is InChI=1S/C14H23N3O/c1-5-7-15-13-9-11(3)16-10-12(13)14(18)17(4)8-6-2/h9-10H,5-8H2,1-4H3,(H,15,16). The highest BCUT2D eigenvalue weighted by molar-refractivity contribution is 5.99. The molecule has 0 unspecified atom stereocenters. The number of rotatable bonds is 6. The summed E-state index contributed by atoms with van der Waals surface area (Å²) >= 11 is 0. The molecule has 0 spiro atoms. The maximum Gasteiger partial charge on any atom is 0.257 e. The molecule has 100 valence electrons. The Labute approximate surface area is 109 Å². The Morgan fingerprint density at radius 1 is 1.39 bits per heavy atom. The van der Waals surface area contributed by atoms with Gasteiger partial charge in [-0.3, -0.25) is 9.78 Å². The highest BCUT2D eigenvalue weighted by atomic mass is 16.2. The molecule has 18 heavy (non-hydrogen) atoms. The van der Waals surface area contributed by atoms with Gasteiger partial charge in [-0.15, -0.1) is 0 Å². The molecule has 4 heteroatoms. The minimum absolute atomic E-state index is 0.0305. The van der Waals surface area contributed by atoms with E-state index in [0.29, 0.717) is 5.56 Å². The molecule has 1 aromatic heterocycles. The van der Waals surface area contributed by atoms with Gasteiger partial charge in [-0.2, -0.15) is 0 Å². The molecule has 0 aliphatic rings. The van der Waals surface area contributed by atoms with E-state index in [1.807, 2.05) is 20.0 Å². The smallest absolute Gasteiger partial charge is 0.257 e. The molecule has 1 amide bonds. The predicted molar refractivity (Wildman–Crippen MR) is 75.0 cm³/mol. The van der Waals surface area contributed by atoms with Crippen molar-refractivity contribution in [1.82, 2.24) is 9.88 Å². The fourth-order valence-electron chi connectivity index (χ4n) is 1.78. The Hall–Kier alpha value is -1.58. The lowest BCUT2D eigenvalue weighted by Crippen LogP contribution is -2.28. The van der Waals surface area contributed by atoms with Crippen molar-refractivity contribution in [2.75, 3.05) is 25.5 Å². The van der Waals surface area contributed by atoms with Gasteiger partial charge in [-0.25, -0.2) is 0 Å². The minimum atomic E-state index is 0.0305. The number of hydrogen-bond donors (Lipinski definition) is 1. The van der Waals surface area contributed by atoms with Gasteiger partial charge in [-0.05, 0) is 25.8 Å². The molecule has 0 aromatic carbocycles. The second-order valence-electron chi connectivity index (χ2n) is 4.52. The number of pyridine rings is 1. The van der Waals surface area contributed by atoms with Crippen molar-refractivity contribution >= 4 is 11.6 Å². The quantitative estimate of drug-likeness (QED) is 0.843. The van der Waals surface area contributed by atoms with Gasteiger partial charge >= 0.3 is 0 Å². The number of aromatic nitrogens is 1. The molecule has 0 saturated carbocycles. The number of carbonyl (C=O) groups excluding carboxylic acids is 1. The third kappa shape index (κ3) is 3.72. The summed E-state index contributed by atoms with van der Waals surface area (Å²) in [6.45, 7) is 7.72. The van der Waals surface area contributed by atoms with Gasteiger partial charge in [0, 0.05) is 32.0 Å². The van der Waals surface area contributed by atoms with Gasteiger partial charge in [0.25, 0.3) is 5.91 Å². The first kappa shape index (κ1) is 14.5. The molecule has 1 rings (SSSR count). The van der Waals surface area contributed by atoms with E-state index in [1.165, 1.54) is 0 Å². The monoisotopic (exact) mass is 249 g/mol. The number of hydrogen-bond acceptors (Lipinski definition) is 3. The van der Waals surface area contributed by atoms with Gasteiger partial charge in [0.1, 0.15) is 0 Å². The summed E-state index contributed by atoms with van der Waals surface area (Å²) in [5.74, 6) is 0.0305. The van der Waals surface area contributed by atoms with Crippen molar-refractivity contribution in [3.63, 3.8) is 0 Å². The molecule has 0 aliphatic heterocycles. The lowest BCUT2D eigenvalue weighted by Gasteiger charge is -2.18. The topological polar surface area (TPSA) is 45.2 Å². The third-order valence-corrected chi connectivity index (χ3v) is 2.74.